The van der Waals surface area contributed by atoms with Crippen LogP contribution in [0, 0.1) is 0 Å². The fraction of sp³-hybridized carbons (Fsp3) is 0.500. The summed E-state index contributed by atoms with van der Waals surface area (Å²) in [6, 6.07) is 0. The number of aliphatic hydroxyl groups excluding tert-OH is 2. The number of aliphatic hydroxyl groups is 2. The first-order valence-corrected chi connectivity index (χ1v) is 7.44. The van der Waals surface area contributed by atoms with Gasteiger partial charge >= 0.3 is 26.0 Å². The zero-order valence-corrected chi connectivity index (χ0v) is 13.4. The van der Waals surface area contributed by atoms with Crippen molar-refractivity contribution in [2.75, 3.05) is 13.1 Å². The molecule has 0 fully saturated rings. The van der Waals surface area contributed by atoms with Gasteiger partial charge in [0.1, 0.15) is 0 Å². The molecule has 0 amide bonds. The Hall–Kier alpha value is -0.776. The molecule has 101 valence electrons. The second-order valence-electron chi connectivity index (χ2n) is 3.62. The molecular formula is C12H20N2O2SV. The van der Waals surface area contributed by atoms with Crippen molar-refractivity contribution in [3.63, 3.8) is 0 Å². The van der Waals surface area contributed by atoms with Gasteiger partial charge < -0.3 is 10.2 Å². The molecule has 0 aromatic carbocycles. The number of rotatable bonds is 5. The third kappa shape index (κ3) is 15.2. The van der Waals surface area contributed by atoms with Gasteiger partial charge in [-0.15, -0.1) is 0 Å². The van der Waals surface area contributed by atoms with Crippen LogP contribution in [0.15, 0.2) is 33.7 Å². The quantitative estimate of drug-likeness (QED) is 0.464. The molecule has 0 aromatic heterocycles. The van der Waals surface area contributed by atoms with E-state index in [1.807, 2.05) is 29.6 Å². The summed E-state index contributed by atoms with van der Waals surface area (Å²) < 4.78 is 0. The van der Waals surface area contributed by atoms with Crippen LogP contribution in [0.5, 0.6) is 0 Å². The van der Waals surface area contributed by atoms with Crippen LogP contribution in [0.3, 0.4) is 0 Å². The molecule has 0 spiro atoms. The van der Waals surface area contributed by atoms with Crippen molar-refractivity contribution in [3.05, 3.63) is 23.7 Å². The van der Waals surface area contributed by atoms with Gasteiger partial charge in [0.15, 0.2) is 0 Å². The van der Waals surface area contributed by atoms with E-state index in [1.54, 1.807) is 26.0 Å². The van der Waals surface area contributed by atoms with E-state index in [-0.39, 0.29) is 11.5 Å². The van der Waals surface area contributed by atoms with E-state index < -0.39 is 0 Å². The molecule has 18 heavy (non-hydrogen) atoms. The second-order valence-corrected chi connectivity index (χ2v) is 3.62. The summed E-state index contributed by atoms with van der Waals surface area (Å²) in [6.07, 6.45) is 3.21. The normalized spacial score (nSPS) is 13.9. The fourth-order valence-corrected chi connectivity index (χ4v) is 1.15. The zero-order valence-electron chi connectivity index (χ0n) is 11.2. The van der Waals surface area contributed by atoms with E-state index in [0.29, 0.717) is 13.1 Å². The molecule has 0 aliphatic heterocycles. The van der Waals surface area contributed by atoms with Crippen LogP contribution in [0.2, 0.25) is 0 Å². The average molecular weight is 307 g/mol. The molecule has 4 nitrogen and oxygen atoms in total. The van der Waals surface area contributed by atoms with Gasteiger partial charge in [0.25, 0.3) is 0 Å². The van der Waals surface area contributed by atoms with Crippen LogP contribution >= 0.6 is 10.3 Å². The Kier molecular flexibility index (Phi) is 13.8. The molecule has 0 saturated heterocycles. The first-order chi connectivity index (χ1) is 8.41. The molecule has 0 bridgehead atoms. The third-order valence-corrected chi connectivity index (χ3v) is 1.66. The first kappa shape index (κ1) is 19.6. The summed E-state index contributed by atoms with van der Waals surface area (Å²) in [6.45, 7) is 8.02. The Balaban J connectivity index is 0. The molecule has 0 aromatic rings. The summed E-state index contributed by atoms with van der Waals surface area (Å²) in [5, 5.41) is 18.0. The van der Waals surface area contributed by atoms with Gasteiger partial charge in [-0.1, -0.05) is 0 Å². The number of nitrogens with zero attached hydrogens (tertiary/aromatic N) is 2. The SMILES string of the molecule is CC(O)=CC(C)=NCCN=C(C)C=C(C)O.[S]=[V]. The molecule has 0 aliphatic rings. The summed E-state index contributed by atoms with van der Waals surface area (Å²) in [4.78, 5) is 8.41. The Morgan fingerprint density at radius 3 is 1.39 bits per heavy atom. The Labute approximate surface area is 122 Å². The Morgan fingerprint density at radius 2 is 1.17 bits per heavy atom. The summed E-state index contributed by atoms with van der Waals surface area (Å²) in [5.41, 5.74) is 1.56. The van der Waals surface area contributed by atoms with Crippen LogP contribution in [-0.2, 0) is 15.7 Å². The van der Waals surface area contributed by atoms with Gasteiger partial charge in [0.05, 0.1) is 24.6 Å². The van der Waals surface area contributed by atoms with Crippen molar-refractivity contribution in [2.24, 2.45) is 9.98 Å². The van der Waals surface area contributed by atoms with Gasteiger partial charge in [-0.05, 0) is 39.8 Å². The van der Waals surface area contributed by atoms with Gasteiger partial charge in [-0.2, -0.15) is 0 Å². The molecule has 0 saturated carbocycles. The summed E-state index contributed by atoms with van der Waals surface area (Å²) >= 11 is 1.90. The van der Waals surface area contributed by atoms with Gasteiger partial charge in [-0.25, -0.2) is 0 Å². The minimum atomic E-state index is 0.250. The van der Waals surface area contributed by atoms with E-state index in [2.05, 4.69) is 20.3 Å². The monoisotopic (exact) mass is 307 g/mol. The first-order valence-electron chi connectivity index (χ1n) is 5.36. The molecular weight excluding hydrogens is 287 g/mol. The van der Waals surface area contributed by atoms with Gasteiger partial charge in [0.2, 0.25) is 0 Å². The van der Waals surface area contributed by atoms with E-state index in [1.165, 1.54) is 0 Å². The number of aliphatic imine (C=N–C) groups is 2. The topological polar surface area (TPSA) is 65.2 Å². The van der Waals surface area contributed by atoms with Crippen LogP contribution in [0.1, 0.15) is 27.7 Å². The summed E-state index contributed by atoms with van der Waals surface area (Å²) in [5.74, 6) is 0.500. The fourth-order valence-electron chi connectivity index (χ4n) is 1.15. The molecule has 6 heteroatoms. The third-order valence-electron chi connectivity index (χ3n) is 1.66. The predicted octanol–water partition coefficient (Wildman–Crippen LogP) is 3.48. The van der Waals surface area contributed by atoms with E-state index >= 15 is 0 Å². The molecule has 0 atom stereocenters. The molecule has 0 unspecified atom stereocenters. The molecule has 0 rings (SSSR count). The van der Waals surface area contributed by atoms with Crippen molar-refractivity contribution in [2.45, 2.75) is 27.7 Å². The maximum absolute atomic E-state index is 8.98. The second kappa shape index (κ2) is 12.7. The number of hydrogen-bond donors (Lipinski definition) is 2. The number of hydrogen-bond acceptors (Lipinski definition) is 5. The Bertz CT molecular complexity index is 321. The van der Waals surface area contributed by atoms with Crippen molar-refractivity contribution < 1.29 is 25.9 Å². The zero-order chi connectivity index (χ0) is 14.6. The van der Waals surface area contributed by atoms with E-state index in [9.17, 15) is 0 Å². The van der Waals surface area contributed by atoms with Crippen LogP contribution in [0.25, 0.3) is 0 Å². The average Bonchev–Trinajstić information content (AvgIpc) is 2.25. The van der Waals surface area contributed by atoms with Crippen LogP contribution in [-0.4, -0.2) is 34.7 Å². The predicted molar refractivity (Wildman–Crippen MR) is 76.3 cm³/mol. The molecule has 2 N–H and O–H groups in total. The van der Waals surface area contributed by atoms with Crippen LogP contribution < -0.4 is 0 Å². The van der Waals surface area contributed by atoms with E-state index in [0.717, 1.165) is 11.4 Å². The minimum absolute atomic E-state index is 0.250. The van der Waals surface area contributed by atoms with Crippen molar-refractivity contribution >= 4 is 21.7 Å². The van der Waals surface area contributed by atoms with Crippen LogP contribution in [0.4, 0.5) is 0 Å². The molecule has 0 radical (unpaired) electrons. The number of allylic oxidation sites excluding steroid dienone is 4. The maximum atomic E-state index is 8.98. The summed E-state index contributed by atoms with van der Waals surface area (Å²) in [7, 11) is 4.02. The molecule has 0 heterocycles. The molecule has 0 aliphatic carbocycles. The standard InChI is InChI=1S/C12H20N2O2.S.V/c1-9(7-11(3)15)13-5-6-14-10(2)8-12(4)16;;/h7-8,15-16H,5-6H2,1-4H3;;. The van der Waals surface area contributed by atoms with Crippen molar-refractivity contribution in [1.29, 1.82) is 0 Å². The van der Waals surface area contributed by atoms with Crippen molar-refractivity contribution in [1.82, 2.24) is 0 Å². The van der Waals surface area contributed by atoms with Crippen molar-refractivity contribution in [3.8, 4) is 0 Å². The van der Waals surface area contributed by atoms with Gasteiger partial charge in [-0.3, -0.25) is 9.98 Å². The Morgan fingerprint density at radius 1 is 0.889 bits per heavy atom. The van der Waals surface area contributed by atoms with Gasteiger partial charge in [0, 0.05) is 11.4 Å². The van der Waals surface area contributed by atoms with E-state index in [4.69, 9.17) is 10.2 Å².